The van der Waals surface area contributed by atoms with Gasteiger partial charge in [0, 0.05) is 12.8 Å². The van der Waals surface area contributed by atoms with Crippen LogP contribution < -0.4 is 11.5 Å². The van der Waals surface area contributed by atoms with Crippen LogP contribution >= 0.6 is 0 Å². The van der Waals surface area contributed by atoms with Crippen LogP contribution in [-0.2, 0) is 9.47 Å². The fourth-order valence-electron chi connectivity index (χ4n) is 4.04. The van der Waals surface area contributed by atoms with Crippen molar-refractivity contribution in [3.8, 4) is 0 Å². The maximum Gasteiger partial charge on any atom is 0.186 e. The zero-order valence-corrected chi connectivity index (χ0v) is 12.5. The highest BCUT2D eigenvalue weighted by Gasteiger charge is 2.52. The highest BCUT2D eigenvalue weighted by atomic mass is 16.7. The van der Waals surface area contributed by atoms with E-state index in [2.05, 4.69) is 32.7 Å². The summed E-state index contributed by atoms with van der Waals surface area (Å²) in [6.45, 7) is 10.2. The average Bonchev–Trinajstić information content (AvgIpc) is 2.52. The molecule has 5 heteroatoms. The minimum absolute atomic E-state index is 0.0354. The van der Waals surface area contributed by atoms with Gasteiger partial charge >= 0.3 is 0 Å². The molecule has 1 atom stereocenters. The number of ether oxygens (including phenoxy) is 2. The SMILES string of the molecule is CC1(C)CC(C)(C)CC2(C1)OCC(CN=C(N)N)O2. The van der Waals surface area contributed by atoms with E-state index >= 15 is 0 Å². The fourth-order valence-corrected chi connectivity index (χ4v) is 4.04. The molecule has 2 rings (SSSR count). The average molecular weight is 269 g/mol. The number of aliphatic imine (C=N–C) groups is 1. The molecule has 0 aromatic carbocycles. The van der Waals surface area contributed by atoms with E-state index in [1.54, 1.807) is 0 Å². The van der Waals surface area contributed by atoms with E-state index in [4.69, 9.17) is 20.9 Å². The van der Waals surface area contributed by atoms with Gasteiger partial charge in [0.1, 0.15) is 6.10 Å². The van der Waals surface area contributed by atoms with Crippen LogP contribution in [0.2, 0.25) is 0 Å². The van der Waals surface area contributed by atoms with Gasteiger partial charge < -0.3 is 20.9 Å². The van der Waals surface area contributed by atoms with Crippen LogP contribution in [-0.4, -0.2) is 31.0 Å². The Bertz CT molecular complexity index is 357. The number of nitrogens with two attached hydrogens (primary N) is 2. The Balaban J connectivity index is 2.06. The van der Waals surface area contributed by atoms with Gasteiger partial charge in [0.2, 0.25) is 0 Å². The smallest absolute Gasteiger partial charge is 0.186 e. The molecule has 5 nitrogen and oxygen atoms in total. The molecule has 2 aliphatic rings. The molecule has 1 heterocycles. The highest BCUT2D eigenvalue weighted by molar-refractivity contribution is 5.75. The summed E-state index contributed by atoms with van der Waals surface area (Å²) in [5.41, 5.74) is 11.2. The van der Waals surface area contributed by atoms with Crippen molar-refractivity contribution in [1.29, 1.82) is 0 Å². The molecule has 1 aliphatic heterocycles. The van der Waals surface area contributed by atoms with Gasteiger partial charge in [-0.15, -0.1) is 0 Å². The second kappa shape index (κ2) is 4.63. The summed E-state index contributed by atoms with van der Waals surface area (Å²) in [6, 6.07) is 0. The lowest BCUT2D eigenvalue weighted by molar-refractivity contribution is -0.229. The van der Waals surface area contributed by atoms with Gasteiger partial charge in [-0.3, -0.25) is 4.99 Å². The Kier molecular flexibility index (Phi) is 3.56. The molecule has 1 saturated heterocycles. The van der Waals surface area contributed by atoms with Gasteiger partial charge in [0.05, 0.1) is 13.2 Å². The van der Waals surface area contributed by atoms with Crippen molar-refractivity contribution in [2.75, 3.05) is 13.2 Å². The van der Waals surface area contributed by atoms with Crippen molar-refractivity contribution in [2.45, 2.75) is 58.8 Å². The first kappa shape index (κ1) is 14.6. The maximum atomic E-state index is 6.17. The van der Waals surface area contributed by atoms with Crippen molar-refractivity contribution in [2.24, 2.45) is 27.3 Å². The molecule has 0 aromatic heterocycles. The zero-order chi connectivity index (χ0) is 14.3. The number of nitrogens with zero attached hydrogens (tertiary/aromatic N) is 1. The third-order valence-electron chi connectivity index (χ3n) is 3.84. The van der Waals surface area contributed by atoms with Crippen LogP contribution in [0.15, 0.2) is 4.99 Å². The van der Waals surface area contributed by atoms with Crippen LogP contribution in [0.1, 0.15) is 47.0 Å². The van der Waals surface area contributed by atoms with E-state index in [9.17, 15) is 0 Å². The molecule has 0 bridgehead atoms. The van der Waals surface area contributed by atoms with Crippen LogP contribution in [0.4, 0.5) is 0 Å². The standard InChI is InChI=1S/C14H27N3O2/c1-12(2)7-13(3,4)9-14(8-12)18-6-10(19-14)5-17-11(15)16/h10H,5-9H2,1-4H3,(H4,15,16,17). The van der Waals surface area contributed by atoms with Gasteiger partial charge in [-0.2, -0.15) is 0 Å². The number of rotatable bonds is 2. The van der Waals surface area contributed by atoms with E-state index in [0.717, 1.165) is 12.8 Å². The van der Waals surface area contributed by atoms with Crippen LogP contribution in [0.25, 0.3) is 0 Å². The molecule has 4 N–H and O–H groups in total. The summed E-state index contributed by atoms with van der Waals surface area (Å²) >= 11 is 0. The normalized spacial score (nSPS) is 31.3. The molecule has 19 heavy (non-hydrogen) atoms. The van der Waals surface area contributed by atoms with E-state index in [1.165, 1.54) is 6.42 Å². The van der Waals surface area contributed by atoms with Crippen molar-refractivity contribution < 1.29 is 9.47 Å². The van der Waals surface area contributed by atoms with Gasteiger partial charge in [-0.25, -0.2) is 0 Å². The summed E-state index contributed by atoms with van der Waals surface area (Å²) in [6.07, 6.45) is 3.02. The summed E-state index contributed by atoms with van der Waals surface area (Å²) in [5, 5.41) is 0. The summed E-state index contributed by atoms with van der Waals surface area (Å²) in [7, 11) is 0. The van der Waals surface area contributed by atoms with Gasteiger partial charge in [0.25, 0.3) is 0 Å². The Morgan fingerprint density at radius 2 is 1.68 bits per heavy atom. The third-order valence-corrected chi connectivity index (χ3v) is 3.84. The van der Waals surface area contributed by atoms with E-state index < -0.39 is 5.79 Å². The number of guanidine groups is 1. The third kappa shape index (κ3) is 3.60. The molecule has 0 radical (unpaired) electrons. The first-order chi connectivity index (χ1) is 8.62. The van der Waals surface area contributed by atoms with Crippen molar-refractivity contribution in [3.05, 3.63) is 0 Å². The quantitative estimate of drug-likeness (QED) is 0.589. The molecule has 1 unspecified atom stereocenters. The van der Waals surface area contributed by atoms with Gasteiger partial charge in [-0.05, 0) is 17.3 Å². The van der Waals surface area contributed by atoms with E-state index in [1.807, 2.05) is 0 Å². The lowest BCUT2D eigenvalue weighted by Gasteiger charge is -2.49. The molecule has 2 fully saturated rings. The number of hydrogen-bond donors (Lipinski definition) is 2. The molecular formula is C14H27N3O2. The minimum atomic E-state index is -0.450. The Morgan fingerprint density at radius 1 is 1.11 bits per heavy atom. The molecule has 1 saturated carbocycles. The molecule has 1 spiro atoms. The lowest BCUT2D eigenvalue weighted by atomic mass is 9.63. The van der Waals surface area contributed by atoms with Crippen molar-refractivity contribution in [3.63, 3.8) is 0 Å². The molecule has 110 valence electrons. The van der Waals surface area contributed by atoms with E-state index in [0.29, 0.717) is 13.2 Å². The maximum absolute atomic E-state index is 6.17. The summed E-state index contributed by atoms with van der Waals surface area (Å²) in [5.74, 6) is -0.344. The molecule has 1 aliphatic carbocycles. The molecular weight excluding hydrogens is 242 g/mol. The van der Waals surface area contributed by atoms with Crippen LogP contribution in [0.5, 0.6) is 0 Å². The molecule has 0 aromatic rings. The largest absolute Gasteiger partial charge is 0.370 e. The first-order valence-corrected chi connectivity index (χ1v) is 6.99. The first-order valence-electron chi connectivity index (χ1n) is 6.99. The predicted molar refractivity (Wildman–Crippen MR) is 75.6 cm³/mol. The predicted octanol–water partition coefficient (Wildman–Crippen LogP) is 1.61. The number of hydrogen-bond acceptors (Lipinski definition) is 3. The monoisotopic (exact) mass is 269 g/mol. The van der Waals surface area contributed by atoms with Crippen LogP contribution in [0, 0.1) is 10.8 Å². The van der Waals surface area contributed by atoms with Gasteiger partial charge in [-0.1, -0.05) is 27.7 Å². The second-order valence-electron chi connectivity index (χ2n) is 7.59. The van der Waals surface area contributed by atoms with Gasteiger partial charge in [0.15, 0.2) is 11.7 Å². The van der Waals surface area contributed by atoms with Crippen molar-refractivity contribution in [1.82, 2.24) is 0 Å². The Labute approximate surface area is 115 Å². The Morgan fingerprint density at radius 3 is 2.21 bits per heavy atom. The molecule has 0 amide bonds. The summed E-state index contributed by atoms with van der Waals surface area (Å²) < 4.78 is 12.2. The zero-order valence-electron chi connectivity index (χ0n) is 12.5. The summed E-state index contributed by atoms with van der Waals surface area (Å²) in [4.78, 5) is 4.02. The van der Waals surface area contributed by atoms with E-state index in [-0.39, 0.29) is 22.9 Å². The van der Waals surface area contributed by atoms with Crippen molar-refractivity contribution >= 4 is 5.96 Å². The topological polar surface area (TPSA) is 82.9 Å². The minimum Gasteiger partial charge on any atom is -0.370 e. The Hall–Kier alpha value is -0.810. The van der Waals surface area contributed by atoms with Crippen LogP contribution in [0.3, 0.4) is 0 Å². The lowest BCUT2D eigenvalue weighted by Crippen LogP contribution is -2.47. The fraction of sp³-hybridized carbons (Fsp3) is 0.929. The highest BCUT2D eigenvalue weighted by Crippen LogP contribution is 2.53. The second-order valence-corrected chi connectivity index (χ2v) is 7.59.